The maximum atomic E-state index is 12.8. The smallest absolute Gasteiger partial charge is 0.227 e. The lowest BCUT2D eigenvalue weighted by atomic mass is 9.95. The monoisotopic (exact) mass is 365 g/mol. The van der Waals surface area contributed by atoms with Crippen LogP contribution in [0.2, 0.25) is 0 Å². The molecule has 7 nitrogen and oxygen atoms in total. The van der Waals surface area contributed by atoms with Crippen LogP contribution >= 0.6 is 0 Å². The number of carbonyl (C=O) groups is 2. The average molecular weight is 365 g/mol. The minimum absolute atomic E-state index is 0.0212. The zero-order valence-electron chi connectivity index (χ0n) is 15.2. The van der Waals surface area contributed by atoms with Crippen molar-refractivity contribution in [3.05, 3.63) is 42.9 Å². The van der Waals surface area contributed by atoms with Gasteiger partial charge < -0.3 is 15.1 Å². The third kappa shape index (κ3) is 3.77. The maximum absolute atomic E-state index is 12.8. The van der Waals surface area contributed by atoms with Gasteiger partial charge in [-0.1, -0.05) is 12.1 Å². The van der Waals surface area contributed by atoms with Crippen LogP contribution in [0.1, 0.15) is 25.7 Å². The molecule has 2 aliphatic heterocycles. The summed E-state index contributed by atoms with van der Waals surface area (Å²) in [7, 11) is 0. The van der Waals surface area contributed by atoms with Gasteiger partial charge in [0.2, 0.25) is 11.8 Å². The van der Waals surface area contributed by atoms with E-state index < -0.39 is 0 Å². The second-order valence-corrected chi connectivity index (χ2v) is 6.98. The van der Waals surface area contributed by atoms with Gasteiger partial charge in [-0.25, -0.2) is 4.98 Å². The topological polar surface area (TPSA) is 78.4 Å². The molecule has 1 aromatic heterocycles. The molecule has 1 N–H and O–H groups in total. The molecule has 0 aliphatic carbocycles. The van der Waals surface area contributed by atoms with Gasteiger partial charge in [0, 0.05) is 44.4 Å². The lowest BCUT2D eigenvalue weighted by Crippen LogP contribution is -2.38. The first kappa shape index (κ1) is 17.5. The first-order valence-corrected chi connectivity index (χ1v) is 9.43. The number of anilines is 3. The molecule has 2 fully saturated rings. The van der Waals surface area contributed by atoms with Crippen molar-refractivity contribution in [2.24, 2.45) is 5.92 Å². The van der Waals surface area contributed by atoms with E-state index in [2.05, 4.69) is 20.2 Å². The van der Waals surface area contributed by atoms with E-state index in [1.807, 2.05) is 24.3 Å². The summed E-state index contributed by atoms with van der Waals surface area (Å²) >= 11 is 0. The first-order valence-electron chi connectivity index (χ1n) is 9.43. The third-order valence-corrected chi connectivity index (χ3v) is 5.27. The fraction of sp³-hybridized carbons (Fsp3) is 0.400. The Morgan fingerprint density at radius 2 is 1.93 bits per heavy atom. The van der Waals surface area contributed by atoms with Crippen molar-refractivity contribution < 1.29 is 9.59 Å². The lowest BCUT2D eigenvalue weighted by Gasteiger charge is -2.32. The molecule has 7 heteroatoms. The van der Waals surface area contributed by atoms with Crippen LogP contribution in [0, 0.1) is 5.92 Å². The van der Waals surface area contributed by atoms with E-state index in [0.717, 1.165) is 43.9 Å². The van der Waals surface area contributed by atoms with E-state index >= 15 is 0 Å². The number of hydrogen-bond donors (Lipinski definition) is 1. The quantitative estimate of drug-likeness (QED) is 0.900. The summed E-state index contributed by atoms with van der Waals surface area (Å²) in [6.07, 6.45) is 8.08. The van der Waals surface area contributed by atoms with E-state index in [4.69, 9.17) is 0 Å². The number of para-hydroxylation sites is 2. The Morgan fingerprint density at radius 3 is 2.63 bits per heavy atom. The highest BCUT2D eigenvalue weighted by Crippen LogP contribution is 2.30. The van der Waals surface area contributed by atoms with Gasteiger partial charge in [-0.05, 0) is 31.4 Å². The van der Waals surface area contributed by atoms with Crippen LogP contribution in [0.5, 0.6) is 0 Å². The van der Waals surface area contributed by atoms with Gasteiger partial charge in [0.15, 0.2) is 0 Å². The SMILES string of the molecule is O=C(Nc1ccccc1N1CCCC1=O)C1CCN(c2cnccn2)CC1. The number of hydrogen-bond acceptors (Lipinski definition) is 5. The van der Waals surface area contributed by atoms with Crippen molar-refractivity contribution in [1.29, 1.82) is 0 Å². The van der Waals surface area contributed by atoms with E-state index in [-0.39, 0.29) is 17.7 Å². The van der Waals surface area contributed by atoms with Crippen LogP contribution in [0.15, 0.2) is 42.9 Å². The first-order chi connectivity index (χ1) is 13.2. The molecule has 0 bridgehead atoms. The average Bonchev–Trinajstić information content (AvgIpc) is 3.15. The number of aromatic nitrogens is 2. The van der Waals surface area contributed by atoms with Crippen LogP contribution in [-0.2, 0) is 9.59 Å². The number of carbonyl (C=O) groups excluding carboxylic acids is 2. The second-order valence-electron chi connectivity index (χ2n) is 6.98. The molecule has 0 spiro atoms. The van der Waals surface area contributed by atoms with Crippen LogP contribution in [-0.4, -0.2) is 41.4 Å². The molecular weight excluding hydrogens is 342 g/mol. The minimum atomic E-state index is -0.0414. The number of amides is 2. The predicted molar refractivity (Wildman–Crippen MR) is 104 cm³/mol. The van der Waals surface area contributed by atoms with Crippen LogP contribution in [0.4, 0.5) is 17.2 Å². The van der Waals surface area contributed by atoms with E-state index in [0.29, 0.717) is 18.7 Å². The summed E-state index contributed by atoms with van der Waals surface area (Å²) in [5, 5.41) is 3.05. The Kier molecular flexibility index (Phi) is 5.00. The van der Waals surface area contributed by atoms with Gasteiger partial charge in [0.05, 0.1) is 17.6 Å². The minimum Gasteiger partial charge on any atom is -0.355 e. The number of benzene rings is 1. The molecule has 0 saturated carbocycles. The summed E-state index contributed by atoms with van der Waals surface area (Å²) in [6.45, 7) is 2.27. The fourth-order valence-electron chi connectivity index (χ4n) is 3.78. The molecule has 2 aliphatic rings. The fourth-order valence-corrected chi connectivity index (χ4v) is 3.78. The molecule has 0 atom stereocenters. The number of nitrogens with zero attached hydrogens (tertiary/aromatic N) is 4. The van der Waals surface area contributed by atoms with Gasteiger partial charge in [-0.2, -0.15) is 0 Å². The van der Waals surface area contributed by atoms with Gasteiger partial charge in [0.25, 0.3) is 0 Å². The van der Waals surface area contributed by atoms with E-state index in [1.165, 1.54) is 0 Å². The van der Waals surface area contributed by atoms with Crippen LogP contribution in [0.25, 0.3) is 0 Å². The van der Waals surface area contributed by atoms with Gasteiger partial charge in [-0.3, -0.25) is 14.6 Å². The Balaban J connectivity index is 1.40. The molecule has 2 amide bonds. The lowest BCUT2D eigenvalue weighted by molar-refractivity contribution is -0.120. The number of piperidine rings is 1. The summed E-state index contributed by atoms with van der Waals surface area (Å²) in [4.78, 5) is 37.2. The molecular formula is C20H23N5O2. The number of rotatable bonds is 4. The molecule has 0 radical (unpaired) electrons. The third-order valence-electron chi connectivity index (χ3n) is 5.27. The van der Waals surface area contributed by atoms with Crippen molar-refractivity contribution in [1.82, 2.24) is 9.97 Å². The molecule has 0 unspecified atom stereocenters. The summed E-state index contributed by atoms with van der Waals surface area (Å²) in [5.41, 5.74) is 1.51. The molecule has 2 aromatic rings. The van der Waals surface area contributed by atoms with Crippen molar-refractivity contribution >= 4 is 29.0 Å². The Morgan fingerprint density at radius 1 is 1.11 bits per heavy atom. The molecule has 140 valence electrons. The highest BCUT2D eigenvalue weighted by molar-refractivity contribution is 6.02. The van der Waals surface area contributed by atoms with E-state index in [9.17, 15) is 9.59 Å². The summed E-state index contributed by atoms with van der Waals surface area (Å²) < 4.78 is 0. The van der Waals surface area contributed by atoms with Gasteiger partial charge in [-0.15, -0.1) is 0 Å². The zero-order chi connectivity index (χ0) is 18.6. The van der Waals surface area contributed by atoms with Crippen molar-refractivity contribution in [3.63, 3.8) is 0 Å². The highest BCUT2D eigenvalue weighted by Gasteiger charge is 2.28. The maximum Gasteiger partial charge on any atom is 0.227 e. The molecule has 27 heavy (non-hydrogen) atoms. The molecule has 4 rings (SSSR count). The van der Waals surface area contributed by atoms with Gasteiger partial charge >= 0.3 is 0 Å². The van der Waals surface area contributed by atoms with Gasteiger partial charge in [0.1, 0.15) is 5.82 Å². The highest BCUT2D eigenvalue weighted by atomic mass is 16.2. The summed E-state index contributed by atoms with van der Waals surface area (Å²) in [6, 6.07) is 7.55. The standard InChI is InChI=1S/C20H23N5O2/c26-19-6-3-11-25(19)17-5-2-1-4-16(17)23-20(27)15-7-12-24(13-8-15)18-14-21-9-10-22-18/h1-2,4-5,9-10,14-15H,3,6-8,11-13H2,(H,23,27). The van der Waals surface area contributed by atoms with Crippen molar-refractivity contribution in [2.75, 3.05) is 34.8 Å². The Labute approximate surface area is 158 Å². The molecule has 3 heterocycles. The normalized spacial score (nSPS) is 18.0. The predicted octanol–water partition coefficient (Wildman–Crippen LogP) is 2.46. The molecule has 1 aromatic carbocycles. The van der Waals surface area contributed by atoms with Crippen LogP contribution in [0.3, 0.4) is 0 Å². The molecule has 2 saturated heterocycles. The van der Waals surface area contributed by atoms with Crippen molar-refractivity contribution in [2.45, 2.75) is 25.7 Å². The number of nitrogens with one attached hydrogen (secondary N) is 1. The largest absolute Gasteiger partial charge is 0.355 e. The van der Waals surface area contributed by atoms with Crippen LogP contribution < -0.4 is 15.1 Å². The Bertz CT molecular complexity index is 818. The summed E-state index contributed by atoms with van der Waals surface area (Å²) in [5.74, 6) is 0.955. The zero-order valence-corrected chi connectivity index (χ0v) is 15.2. The van der Waals surface area contributed by atoms with E-state index in [1.54, 1.807) is 23.5 Å². The van der Waals surface area contributed by atoms with Crippen molar-refractivity contribution in [3.8, 4) is 0 Å². The second kappa shape index (κ2) is 7.73. The Hall–Kier alpha value is -2.96.